The lowest BCUT2D eigenvalue weighted by molar-refractivity contribution is 0.414. The first-order valence-electron chi connectivity index (χ1n) is 8.50. The van der Waals surface area contributed by atoms with Crippen molar-refractivity contribution >= 4 is 48.9 Å². The third-order valence-corrected chi connectivity index (χ3v) is 7.20. The zero-order valence-corrected chi connectivity index (χ0v) is 17.8. The Morgan fingerprint density at radius 1 is 1.17 bits per heavy atom. The monoisotopic (exact) mass is 463 g/mol. The summed E-state index contributed by atoms with van der Waals surface area (Å²) in [5, 5.41) is 14.4. The summed E-state index contributed by atoms with van der Waals surface area (Å²) in [6.45, 7) is 0.0208. The van der Waals surface area contributed by atoms with Gasteiger partial charge in [-0.3, -0.25) is 4.79 Å². The lowest BCUT2D eigenvalue weighted by Gasteiger charge is -2.21. The first-order chi connectivity index (χ1) is 14.4. The molecule has 2 heterocycles. The van der Waals surface area contributed by atoms with Crippen LogP contribution in [0.15, 0.2) is 57.7 Å². The van der Waals surface area contributed by atoms with Crippen LogP contribution < -0.4 is 14.6 Å². The maximum Gasteiger partial charge on any atom is 0.272 e. The SMILES string of the molecule is COc1ccc(CN(c2nncs2)S(=O)(=O)c2ccc3c(Cl)n[nH]c(=O)c3c2)cc1. The van der Waals surface area contributed by atoms with E-state index in [1.807, 2.05) is 0 Å². The molecule has 2 aromatic heterocycles. The Labute approximate surface area is 180 Å². The first kappa shape index (κ1) is 20.3. The van der Waals surface area contributed by atoms with Gasteiger partial charge in [-0.15, -0.1) is 10.2 Å². The van der Waals surface area contributed by atoms with Crippen molar-refractivity contribution in [3.05, 3.63) is 69.0 Å². The summed E-state index contributed by atoms with van der Waals surface area (Å²) >= 11 is 7.09. The molecule has 30 heavy (non-hydrogen) atoms. The van der Waals surface area contributed by atoms with Gasteiger partial charge < -0.3 is 4.74 Å². The fraction of sp³-hybridized carbons (Fsp3) is 0.111. The molecule has 0 saturated heterocycles. The highest BCUT2D eigenvalue weighted by Gasteiger charge is 2.28. The van der Waals surface area contributed by atoms with Crippen LogP contribution in [0.4, 0.5) is 5.13 Å². The number of nitrogens with zero attached hydrogens (tertiary/aromatic N) is 4. The normalized spacial score (nSPS) is 11.5. The maximum absolute atomic E-state index is 13.5. The molecule has 2 aromatic carbocycles. The van der Waals surface area contributed by atoms with Crippen LogP contribution in [0, 0.1) is 0 Å². The Morgan fingerprint density at radius 3 is 2.60 bits per heavy atom. The van der Waals surface area contributed by atoms with Gasteiger partial charge in [0.2, 0.25) is 5.13 Å². The van der Waals surface area contributed by atoms with Crippen molar-refractivity contribution < 1.29 is 13.2 Å². The molecule has 0 amide bonds. The van der Waals surface area contributed by atoms with Crippen LogP contribution in [0.3, 0.4) is 0 Å². The molecule has 0 radical (unpaired) electrons. The number of hydrogen-bond acceptors (Lipinski definition) is 8. The summed E-state index contributed by atoms with van der Waals surface area (Å²) in [5.41, 5.74) is 1.63. The third kappa shape index (κ3) is 3.74. The predicted octanol–water partition coefficient (Wildman–Crippen LogP) is 2.83. The van der Waals surface area contributed by atoms with Crippen molar-refractivity contribution in [3.8, 4) is 5.75 Å². The second-order valence-corrected chi connectivity index (χ2v) is 9.16. The quantitative estimate of drug-likeness (QED) is 0.467. The number of rotatable bonds is 6. The second-order valence-electron chi connectivity index (χ2n) is 6.13. The number of ether oxygens (including phenoxy) is 1. The minimum absolute atomic E-state index is 0.0208. The summed E-state index contributed by atoms with van der Waals surface area (Å²) in [6.07, 6.45) is 0. The van der Waals surface area contributed by atoms with E-state index in [2.05, 4.69) is 20.4 Å². The number of sulfonamides is 1. The van der Waals surface area contributed by atoms with Gasteiger partial charge in [0.1, 0.15) is 11.3 Å². The molecule has 0 aliphatic carbocycles. The maximum atomic E-state index is 13.5. The van der Waals surface area contributed by atoms with Gasteiger partial charge in [-0.2, -0.15) is 5.10 Å². The van der Waals surface area contributed by atoms with E-state index >= 15 is 0 Å². The smallest absolute Gasteiger partial charge is 0.272 e. The van der Waals surface area contributed by atoms with Gasteiger partial charge in [0.15, 0.2) is 5.15 Å². The molecule has 154 valence electrons. The van der Waals surface area contributed by atoms with Gasteiger partial charge in [-0.25, -0.2) is 17.8 Å². The van der Waals surface area contributed by atoms with E-state index in [1.54, 1.807) is 31.4 Å². The van der Waals surface area contributed by atoms with Crippen molar-refractivity contribution in [1.29, 1.82) is 0 Å². The van der Waals surface area contributed by atoms with E-state index in [0.29, 0.717) is 11.1 Å². The topological polar surface area (TPSA) is 118 Å². The largest absolute Gasteiger partial charge is 0.497 e. The standard InChI is InChI=1S/C18H14ClN5O4S2/c1-28-12-4-2-11(3-5-12)9-24(18-23-20-10-29-18)30(26,27)13-6-7-14-15(8-13)17(25)22-21-16(14)19/h2-8,10H,9H2,1H3,(H,22,25). The highest BCUT2D eigenvalue weighted by molar-refractivity contribution is 7.93. The van der Waals surface area contributed by atoms with E-state index in [-0.39, 0.29) is 27.1 Å². The zero-order chi connectivity index (χ0) is 21.3. The van der Waals surface area contributed by atoms with E-state index in [4.69, 9.17) is 16.3 Å². The van der Waals surface area contributed by atoms with Crippen molar-refractivity contribution in [2.45, 2.75) is 11.4 Å². The lowest BCUT2D eigenvalue weighted by atomic mass is 10.2. The first-order valence-corrected chi connectivity index (χ1v) is 11.2. The number of halogens is 1. The number of anilines is 1. The summed E-state index contributed by atoms with van der Waals surface area (Å²) in [5.74, 6) is 0.656. The molecule has 0 spiro atoms. The van der Waals surface area contributed by atoms with E-state index < -0.39 is 15.6 Å². The van der Waals surface area contributed by atoms with Gasteiger partial charge in [0, 0.05) is 5.39 Å². The van der Waals surface area contributed by atoms with Gasteiger partial charge in [-0.05, 0) is 35.9 Å². The summed E-state index contributed by atoms with van der Waals surface area (Å²) in [7, 11) is -2.51. The minimum atomic E-state index is -4.07. The minimum Gasteiger partial charge on any atom is -0.497 e. The second kappa shape index (κ2) is 8.01. The Hall–Kier alpha value is -3.02. The van der Waals surface area contributed by atoms with Crippen molar-refractivity contribution in [2.24, 2.45) is 0 Å². The molecule has 4 aromatic rings. The average molecular weight is 464 g/mol. The summed E-state index contributed by atoms with van der Waals surface area (Å²) in [6, 6.07) is 11.1. The zero-order valence-electron chi connectivity index (χ0n) is 15.4. The van der Waals surface area contributed by atoms with Crippen molar-refractivity contribution in [2.75, 3.05) is 11.4 Å². The van der Waals surface area contributed by atoms with Crippen molar-refractivity contribution in [1.82, 2.24) is 20.4 Å². The number of methoxy groups -OCH3 is 1. The van der Waals surface area contributed by atoms with E-state index in [1.165, 1.54) is 23.7 Å². The molecule has 1 N–H and O–H groups in total. The highest BCUT2D eigenvalue weighted by atomic mass is 35.5. The Bertz CT molecular complexity index is 1360. The number of H-pyrrole nitrogens is 1. The molecule has 0 aliphatic heterocycles. The summed E-state index contributed by atoms with van der Waals surface area (Å²) < 4.78 is 33.2. The number of aromatic amines is 1. The van der Waals surface area contributed by atoms with Crippen LogP contribution in [0.5, 0.6) is 5.75 Å². The molecule has 0 fully saturated rings. The van der Waals surface area contributed by atoms with Gasteiger partial charge in [-0.1, -0.05) is 35.1 Å². The van der Waals surface area contributed by atoms with E-state index in [9.17, 15) is 13.2 Å². The average Bonchev–Trinajstić information content (AvgIpc) is 3.29. The molecule has 9 nitrogen and oxygen atoms in total. The number of nitrogens with one attached hydrogen (secondary N) is 1. The van der Waals surface area contributed by atoms with Gasteiger partial charge in [0.25, 0.3) is 15.6 Å². The lowest BCUT2D eigenvalue weighted by Crippen LogP contribution is -2.30. The molecule has 12 heteroatoms. The molecule has 0 unspecified atom stereocenters. The van der Waals surface area contributed by atoms with Crippen LogP contribution in [0.2, 0.25) is 5.15 Å². The Kier molecular flexibility index (Phi) is 5.41. The van der Waals surface area contributed by atoms with Crippen LogP contribution >= 0.6 is 22.9 Å². The molecule has 0 atom stereocenters. The van der Waals surface area contributed by atoms with Crippen molar-refractivity contribution in [3.63, 3.8) is 0 Å². The molecule has 0 saturated carbocycles. The van der Waals surface area contributed by atoms with Crippen LogP contribution in [-0.2, 0) is 16.6 Å². The van der Waals surface area contributed by atoms with E-state index in [0.717, 1.165) is 21.2 Å². The molecular weight excluding hydrogens is 450 g/mol. The fourth-order valence-corrected chi connectivity index (χ4v) is 5.25. The fourth-order valence-electron chi connectivity index (χ4n) is 2.83. The van der Waals surface area contributed by atoms with Gasteiger partial charge >= 0.3 is 0 Å². The predicted molar refractivity (Wildman–Crippen MR) is 114 cm³/mol. The third-order valence-electron chi connectivity index (χ3n) is 4.35. The number of benzene rings is 2. The molecular formula is C18H14ClN5O4S2. The van der Waals surface area contributed by atoms with Crippen LogP contribution in [-0.4, -0.2) is 35.9 Å². The number of hydrogen-bond donors (Lipinski definition) is 1. The Balaban J connectivity index is 1.80. The van der Waals surface area contributed by atoms with Crippen LogP contribution in [0.25, 0.3) is 10.8 Å². The van der Waals surface area contributed by atoms with Crippen LogP contribution in [0.1, 0.15) is 5.56 Å². The number of fused-ring (bicyclic) bond motifs is 1. The molecule has 0 aliphatic rings. The summed E-state index contributed by atoms with van der Waals surface area (Å²) in [4.78, 5) is 12.1. The Morgan fingerprint density at radius 2 is 1.93 bits per heavy atom. The molecule has 0 bridgehead atoms. The highest BCUT2D eigenvalue weighted by Crippen LogP contribution is 2.29. The number of aromatic nitrogens is 4. The van der Waals surface area contributed by atoms with Gasteiger partial charge in [0.05, 0.1) is 23.9 Å². The molecule has 4 rings (SSSR count).